The average molecular weight is 627 g/mol. The molecule has 2 aliphatic heterocycles. The molecule has 206 valence electrons. The number of carbonyl (C=O) groups is 3. The third-order valence-electron chi connectivity index (χ3n) is 6.27. The molecule has 40 heavy (non-hydrogen) atoms. The van der Waals surface area contributed by atoms with Gasteiger partial charge in [-0.05, 0) is 65.9 Å². The van der Waals surface area contributed by atoms with Crippen molar-refractivity contribution in [1.29, 1.82) is 0 Å². The molecule has 11 heteroatoms. The maximum absolute atomic E-state index is 13.2. The van der Waals surface area contributed by atoms with Crippen LogP contribution < -0.4 is 15.0 Å². The van der Waals surface area contributed by atoms with E-state index >= 15 is 0 Å². The number of thioether (sulfide) groups is 1. The van der Waals surface area contributed by atoms with Crippen molar-refractivity contribution >= 4 is 62.2 Å². The van der Waals surface area contributed by atoms with Crippen LogP contribution in [-0.2, 0) is 20.9 Å². The maximum Gasteiger partial charge on any atom is 0.294 e. The van der Waals surface area contributed by atoms with Crippen LogP contribution in [0.1, 0.15) is 11.1 Å². The molecule has 0 aromatic heterocycles. The third kappa shape index (κ3) is 6.72. The number of ether oxygens (including phenoxy) is 2. The molecule has 2 heterocycles. The van der Waals surface area contributed by atoms with Gasteiger partial charge in [0.1, 0.15) is 24.7 Å². The monoisotopic (exact) mass is 625 g/mol. The Kier molecular flexibility index (Phi) is 8.83. The van der Waals surface area contributed by atoms with Gasteiger partial charge in [0.15, 0.2) is 0 Å². The molecule has 5 rings (SSSR count). The number of para-hydroxylation sites is 2. The van der Waals surface area contributed by atoms with E-state index in [1.807, 2.05) is 18.2 Å². The number of halogens is 2. The van der Waals surface area contributed by atoms with Gasteiger partial charge in [-0.2, -0.15) is 0 Å². The molecule has 0 saturated carbocycles. The molecule has 0 bridgehead atoms. The van der Waals surface area contributed by atoms with Crippen molar-refractivity contribution in [3.63, 3.8) is 0 Å². The Morgan fingerprint density at radius 2 is 1.82 bits per heavy atom. The molecule has 1 N–H and O–H groups in total. The van der Waals surface area contributed by atoms with E-state index < -0.39 is 23.6 Å². The maximum atomic E-state index is 13.2. The molecule has 0 unspecified atom stereocenters. The average Bonchev–Trinajstić information content (AvgIpc) is 3.21. The molecule has 0 aliphatic carbocycles. The minimum atomic E-state index is -0.559. The van der Waals surface area contributed by atoms with Gasteiger partial charge in [-0.1, -0.05) is 40.2 Å². The summed E-state index contributed by atoms with van der Waals surface area (Å²) < 4.78 is 25.3. The molecule has 0 radical (unpaired) electrons. The molecule has 3 aromatic rings. The zero-order chi connectivity index (χ0) is 28.1. The lowest BCUT2D eigenvalue weighted by atomic mass is 10.1. The molecular weight excluding hydrogens is 601 g/mol. The summed E-state index contributed by atoms with van der Waals surface area (Å²) >= 11 is 4.19. The first kappa shape index (κ1) is 27.9. The summed E-state index contributed by atoms with van der Waals surface area (Å²) in [7, 11) is 0. The van der Waals surface area contributed by atoms with Crippen molar-refractivity contribution in [2.75, 3.05) is 43.1 Å². The van der Waals surface area contributed by atoms with Crippen LogP contribution in [0.2, 0.25) is 0 Å². The summed E-state index contributed by atoms with van der Waals surface area (Å²) in [5.41, 5.74) is 2.81. The highest BCUT2D eigenvalue weighted by atomic mass is 79.9. The van der Waals surface area contributed by atoms with Crippen LogP contribution in [0, 0.1) is 5.82 Å². The number of nitrogens with one attached hydrogen (secondary N) is 1. The Hall–Kier alpha value is -3.67. The van der Waals surface area contributed by atoms with Gasteiger partial charge in [0, 0.05) is 23.1 Å². The van der Waals surface area contributed by atoms with Gasteiger partial charge in [-0.25, -0.2) is 4.39 Å². The molecule has 3 aromatic carbocycles. The number of amides is 3. The van der Waals surface area contributed by atoms with E-state index in [4.69, 9.17) is 9.47 Å². The Morgan fingerprint density at radius 1 is 1.07 bits per heavy atom. The fraction of sp³-hybridized carbons (Fsp3) is 0.207. The second kappa shape index (κ2) is 12.7. The lowest BCUT2D eigenvalue weighted by Crippen LogP contribution is -2.38. The summed E-state index contributed by atoms with van der Waals surface area (Å²) in [4.78, 5) is 42.0. The SMILES string of the molecule is O=C(CN1C(=O)S/C(=C\c2cc(Br)ccc2OCc2ccc(F)cc2)C1=O)Nc1ccccc1N1CCOCC1. The van der Waals surface area contributed by atoms with Crippen molar-refractivity contribution in [2.45, 2.75) is 6.61 Å². The number of benzene rings is 3. The first-order valence-electron chi connectivity index (χ1n) is 12.5. The van der Waals surface area contributed by atoms with Gasteiger partial charge in [0.05, 0.1) is 29.5 Å². The Labute approximate surface area is 243 Å². The molecule has 2 saturated heterocycles. The van der Waals surface area contributed by atoms with Gasteiger partial charge in [0.2, 0.25) is 5.91 Å². The Morgan fingerprint density at radius 3 is 2.60 bits per heavy atom. The van der Waals surface area contributed by atoms with Crippen molar-refractivity contribution in [1.82, 2.24) is 4.90 Å². The van der Waals surface area contributed by atoms with E-state index in [9.17, 15) is 18.8 Å². The largest absolute Gasteiger partial charge is 0.488 e. The third-order valence-corrected chi connectivity index (χ3v) is 7.67. The predicted octanol–water partition coefficient (Wildman–Crippen LogP) is 5.68. The van der Waals surface area contributed by atoms with Crippen LogP contribution in [0.5, 0.6) is 5.75 Å². The van der Waals surface area contributed by atoms with Crippen LogP contribution >= 0.6 is 27.7 Å². The fourth-order valence-corrected chi connectivity index (χ4v) is 5.48. The van der Waals surface area contributed by atoms with Crippen molar-refractivity contribution < 1.29 is 28.2 Å². The molecule has 0 atom stereocenters. The second-order valence-electron chi connectivity index (χ2n) is 9.03. The number of anilines is 2. The van der Waals surface area contributed by atoms with E-state index in [1.165, 1.54) is 12.1 Å². The summed E-state index contributed by atoms with van der Waals surface area (Å²) in [5, 5.41) is 2.32. The van der Waals surface area contributed by atoms with E-state index in [-0.39, 0.29) is 17.3 Å². The highest BCUT2D eigenvalue weighted by molar-refractivity contribution is 9.10. The minimum absolute atomic E-state index is 0.177. The van der Waals surface area contributed by atoms with Gasteiger partial charge >= 0.3 is 0 Å². The Bertz CT molecular complexity index is 1460. The molecule has 2 fully saturated rings. The number of nitrogens with zero attached hydrogens (tertiary/aromatic N) is 2. The number of rotatable bonds is 8. The minimum Gasteiger partial charge on any atom is -0.488 e. The van der Waals surface area contributed by atoms with Crippen LogP contribution in [0.15, 0.2) is 76.1 Å². The summed E-state index contributed by atoms with van der Waals surface area (Å²) in [6.07, 6.45) is 1.57. The van der Waals surface area contributed by atoms with E-state index in [0.717, 1.165) is 32.4 Å². The topological polar surface area (TPSA) is 88.2 Å². The highest BCUT2D eigenvalue weighted by Gasteiger charge is 2.36. The normalized spacial score (nSPS) is 16.5. The zero-order valence-corrected chi connectivity index (χ0v) is 23.7. The lowest BCUT2D eigenvalue weighted by Gasteiger charge is -2.30. The highest BCUT2D eigenvalue weighted by Crippen LogP contribution is 2.35. The quantitative estimate of drug-likeness (QED) is 0.322. The van der Waals surface area contributed by atoms with Gasteiger partial charge in [-0.3, -0.25) is 19.3 Å². The number of carbonyl (C=O) groups excluding carboxylic acids is 3. The molecule has 3 amide bonds. The molecule has 0 spiro atoms. The lowest BCUT2D eigenvalue weighted by molar-refractivity contribution is -0.127. The van der Waals surface area contributed by atoms with Crippen molar-refractivity contribution in [2.24, 2.45) is 0 Å². The molecular formula is C29H25BrFN3O5S. The predicted molar refractivity (Wildman–Crippen MR) is 156 cm³/mol. The smallest absolute Gasteiger partial charge is 0.294 e. The van der Waals surface area contributed by atoms with Gasteiger partial charge in [-0.15, -0.1) is 0 Å². The van der Waals surface area contributed by atoms with Crippen molar-refractivity contribution in [3.05, 3.63) is 93.1 Å². The van der Waals surface area contributed by atoms with Crippen LogP contribution in [-0.4, -0.2) is 54.8 Å². The number of morpholine rings is 1. The van der Waals surface area contributed by atoms with Gasteiger partial charge in [0.25, 0.3) is 11.1 Å². The molecule has 2 aliphatic rings. The molecule has 8 nitrogen and oxygen atoms in total. The number of imide groups is 1. The van der Waals surface area contributed by atoms with E-state index in [2.05, 4.69) is 26.1 Å². The van der Waals surface area contributed by atoms with E-state index in [0.29, 0.717) is 43.3 Å². The fourth-order valence-electron chi connectivity index (χ4n) is 4.28. The van der Waals surface area contributed by atoms with E-state index in [1.54, 1.807) is 42.5 Å². The first-order valence-corrected chi connectivity index (χ1v) is 14.1. The number of hydrogen-bond donors (Lipinski definition) is 1. The summed E-state index contributed by atoms with van der Waals surface area (Å²) in [6.45, 7) is 2.38. The van der Waals surface area contributed by atoms with Crippen molar-refractivity contribution in [3.8, 4) is 5.75 Å². The standard InChI is InChI=1S/C29H25BrFN3O5S/c30-21-7-10-25(39-18-19-5-8-22(31)9-6-19)20(15-21)16-26-28(36)34(29(37)40-26)17-27(35)32-23-3-1-2-4-24(23)33-11-13-38-14-12-33/h1-10,15-16H,11-14,17-18H2,(H,32,35)/b26-16-. The second-order valence-corrected chi connectivity index (χ2v) is 10.9. The van der Waals surface area contributed by atoms with Crippen LogP contribution in [0.3, 0.4) is 0 Å². The number of hydrogen-bond acceptors (Lipinski definition) is 7. The first-order chi connectivity index (χ1) is 19.4. The zero-order valence-electron chi connectivity index (χ0n) is 21.3. The summed E-state index contributed by atoms with van der Waals surface area (Å²) in [5.74, 6) is -0.887. The van der Waals surface area contributed by atoms with Crippen LogP contribution in [0.4, 0.5) is 20.6 Å². The summed E-state index contributed by atoms with van der Waals surface area (Å²) in [6, 6.07) is 18.7. The Balaban J connectivity index is 1.27. The van der Waals surface area contributed by atoms with Gasteiger partial charge < -0.3 is 19.7 Å². The van der Waals surface area contributed by atoms with Crippen LogP contribution in [0.25, 0.3) is 6.08 Å².